The summed E-state index contributed by atoms with van der Waals surface area (Å²) in [5.41, 5.74) is 2.78. The van der Waals surface area contributed by atoms with Gasteiger partial charge in [-0.1, -0.05) is 35.9 Å². The third kappa shape index (κ3) is 7.56. The Bertz CT molecular complexity index is 1050. The SMILES string of the molecule is COCCN1C(=O)CC(c2ccc(Cl)cc2)C(C(=O)OCc2ccc(OCCCN(C)C)cc2)=C1C. The van der Waals surface area contributed by atoms with Gasteiger partial charge in [0.15, 0.2) is 0 Å². The van der Waals surface area contributed by atoms with Gasteiger partial charge in [0.2, 0.25) is 5.91 Å². The average Bonchev–Trinajstić information content (AvgIpc) is 2.86. The fourth-order valence-electron chi connectivity index (χ4n) is 4.20. The molecule has 0 fully saturated rings. The number of amides is 1. The molecule has 2 aromatic rings. The van der Waals surface area contributed by atoms with E-state index in [2.05, 4.69) is 4.90 Å². The van der Waals surface area contributed by atoms with Crippen LogP contribution in [0.25, 0.3) is 0 Å². The second-order valence-corrected chi connectivity index (χ2v) is 9.51. The molecule has 1 aliphatic heterocycles. The van der Waals surface area contributed by atoms with Crippen LogP contribution in [-0.2, 0) is 25.7 Å². The zero-order valence-electron chi connectivity index (χ0n) is 21.5. The molecule has 1 heterocycles. The first-order valence-corrected chi connectivity index (χ1v) is 12.5. The van der Waals surface area contributed by atoms with Gasteiger partial charge < -0.3 is 24.0 Å². The number of rotatable bonds is 12. The number of allylic oxidation sites excluding steroid dienone is 1. The van der Waals surface area contributed by atoms with Gasteiger partial charge in [-0.25, -0.2) is 4.79 Å². The molecule has 7 nitrogen and oxygen atoms in total. The Balaban J connectivity index is 1.72. The van der Waals surface area contributed by atoms with Gasteiger partial charge in [0.25, 0.3) is 0 Å². The maximum atomic E-state index is 13.4. The molecule has 0 bridgehead atoms. The Kier molecular flexibility index (Phi) is 10.3. The van der Waals surface area contributed by atoms with Crippen molar-refractivity contribution < 1.29 is 23.8 Å². The number of benzene rings is 2. The minimum absolute atomic E-state index is 0.0535. The fourth-order valence-corrected chi connectivity index (χ4v) is 4.32. The highest BCUT2D eigenvalue weighted by atomic mass is 35.5. The number of hydrogen-bond donors (Lipinski definition) is 0. The molecule has 0 spiro atoms. The summed E-state index contributed by atoms with van der Waals surface area (Å²) >= 11 is 6.06. The van der Waals surface area contributed by atoms with E-state index in [1.165, 1.54) is 0 Å². The number of nitrogens with zero attached hydrogens (tertiary/aromatic N) is 2. The van der Waals surface area contributed by atoms with Crippen LogP contribution in [-0.4, -0.2) is 69.2 Å². The molecule has 0 aromatic heterocycles. The molecule has 1 amide bonds. The standard InChI is InChI=1S/C28H35ClN2O5/c1-20-27(25(22-8-10-23(29)11-9-22)18-26(32)31(20)15-17-34-4)28(33)36-19-21-6-12-24(13-7-21)35-16-5-14-30(2)3/h6-13,25H,5,14-19H2,1-4H3. The van der Waals surface area contributed by atoms with Crippen molar-refractivity contribution in [2.45, 2.75) is 32.3 Å². The monoisotopic (exact) mass is 514 g/mol. The van der Waals surface area contributed by atoms with E-state index in [0.29, 0.717) is 36.1 Å². The molecule has 0 aliphatic carbocycles. The molecule has 1 aliphatic rings. The molecule has 0 N–H and O–H groups in total. The molecular formula is C28H35ClN2O5. The predicted molar refractivity (Wildman–Crippen MR) is 140 cm³/mol. The molecule has 3 rings (SSSR count). The summed E-state index contributed by atoms with van der Waals surface area (Å²) in [6, 6.07) is 14.8. The van der Waals surface area contributed by atoms with Crippen molar-refractivity contribution in [2.75, 3.05) is 47.5 Å². The Morgan fingerprint density at radius 1 is 1.08 bits per heavy atom. The normalized spacial score (nSPS) is 16.0. The summed E-state index contributed by atoms with van der Waals surface area (Å²) < 4.78 is 16.7. The molecule has 0 radical (unpaired) electrons. The van der Waals surface area contributed by atoms with Gasteiger partial charge in [-0.15, -0.1) is 0 Å². The number of carbonyl (C=O) groups excluding carboxylic acids is 2. The fraction of sp³-hybridized carbons (Fsp3) is 0.429. The lowest BCUT2D eigenvalue weighted by molar-refractivity contribution is -0.141. The molecule has 0 saturated carbocycles. The van der Waals surface area contributed by atoms with Crippen LogP contribution in [0.5, 0.6) is 5.75 Å². The minimum Gasteiger partial charge on any atom is -0.494 e. The van der Waals surface area contributed by atoms with E-state index < -0.39 is 11.9 Å². The number of methoxy groups -OCH3 is 1. The lowest BCUT2D eigenvalue weighted by Crippen LogP contribution is -2.40. The number of carbonyl (C=O) groups is 2. The molecule has 194 valence electrons. The molecular weight excluding hydrogens is 480 g/mol. The number of esters is 1. The lowest BCUT2D eigenvalue weighted by Gasteiger charge is -2.34. The number of hydrogen-bond acceptors (Lipinski definition) is 6. The third-order valence-electron chi connectivity index (χ3n) is 6.15. The van der Waals surface area contributed by atoms with E-state index in [1.54, 1.807) is 31.1 Å². The van der Waals surface area contributed by atoms with Crippen molar-refractivity contribution in [3.63, 3.8) is 0 Å². The smallest absolute Gasteiger partial charge is 0.336 e. The van der Waals surface area contributed by atoms with Crippen molar-refractivity contribution in [3.8, 4) is 5.75 Å². The van der Waals surface area contributed by atoms with Gasteiger partial charge in [-0.05, 0) is 62.8 Å². The summed E-state index contributed by atoms with van der Waals surface area (Å²) in [4.78, 5) is 30.0. The van der Waals surface area contributed by atoms with Crippen molar-refractivity contribution in [3.05, 3.63) is 76.0 Å². The van der Waals surface area contributed by atoms with Crippen LogP contribution in [0.2, 0.25) is 5.02 Å². The molecule has 1 atom stereocenters. The van der Waals surface area contributed by atoms with Crippen molar-refractivity contribution >= 4 is 23.5 Å². The van der Waals surface area contributed by atoms with Gasteiger partial charge >= 0.3 is 5.97 Å². The largest absolute Gasteiger partial charge is 0.494 e. The summed E-state index contributed by atoms with van der Waals surface area (Å²) in [7, 11) is 5.65. The van der Waals surface area contributed by atoms with Crippen molar-refractivity contribution in [2.24, 2.45) is 0 Å². The van der Waals surface area contributed by atoms with Gasteiger partial charge in [0.05, 0.1) is 18.8 Å². The van der Waals surface area contributed by atoms with Crippen LogP contribution < -0.4 is 4.74 Å². The first kappa shape index (κ1) is 27.7. The minimum atomic E-state index is -0.439. The van der Waals surface area contributed by atoms with Gasteiger partial charge in [-0.3, -0.25) is 4.79 Å². The van der Waals surface area contributed by atoms with Gasteiger partial charge in [-0.2, -0.15) is 0 Å². The summed E-state index contributed by atoms with van der Waals surface area (Å²) in [5, 5.41) is 0.595. The summed E-state index contributed by atoms with van der Waals surface area (Å²) in [6.07, 6.45) is 1.12. The molecule has 2 aromatic carbocycles. The Labute approximate surface area is 218 Å². The summed E-state index contributed by atoms with van der Waals surface area (Å²) in [6.45, 7) is 4.27. The number of halogens is 1. The van der Waals surface area contributed by atoms with Crippen LogP contribution in [0.3, 0.4) is 0 Å². The topological polar surface area (TPSA) is 68.3 Å². The highest BCUT2D eigenvalue weighted by Gasteiger charge is 2.36. The van der Waals surface area contributed by atoms with Gasteiger partial charge in [0.1, 0.15) is 12.4 Å². The van der Waals surface area contributed by atoms with Crippen LogP contribution in [0, 0.1) is 0 Å². The van der Waals surface area contributed by atoms with E-state index in [1.807, 2.05) is 50.5 Å². The Morgan fingerprint density at radius 2 is 1.78 bits per heavy atom. The van der Waals surface area contributed by atoms with Crippen molar-refractivity contribution in [1.29, 1.82) is 0 Å². The predicted octanol–water partition coefficient (Wildman–Crippen LogP) is 4.65. The summed E-state index contributed by atoms with van der Waals surface area (Å²) in [5.74, 6) is -0.114. The van der Waals surface area contributed by atoms with E-state index in [0.717, 1.165) is 29.8 Å². The quantitative estimate of drug-likeness (QED) is 0.303. The van der Waals surface area contributed by atoms with E-state index in [9.17, 15) is 9.59 Å². The first-order valence-electron chi connectivity index (χ1n) is 12.1. The first-order chi connectivity index (χ1) is 17.3. The molecule has 1 unspecified atom stereocenters. The molecule has 0 saturated heterocycles. The van der Waals surface area contributed by atoms with Crippen LogP contribution in [0.4, 0.5) is 0 Å². The molecule has 8 heteroatoms. The Morgan fingerprint density at radius 3 is 2.42 bits per heavy atom. The maximum absolute atomic E-state index is 13.4. The van der Waals surface area contributed by atoms with Crippen LogP contribution in [0.15, 0.2) is 59.8 Å². The second-order valence-electron chi connectivity index (χ2n) is 9.07. The third-order valence-corrected chi connectivity index (χ3v) is 6.40. The van der Waals surface area contributed by atoms with Crippen LogP contribution >= 0.6 is 11.6 Å². The Hall–Kier alpha value is -2.87. The number of ether oxygens (including phenoxy) is 3. The average molecular weight is 515 g/mol. The second kappa shape index (κ2) is 13.4. The zero-order chi connectivity index (χ0) is 26.1. The highest BCUT2D eigenvalue weighted by molar-refractivity contribution is 6.30. The van der Waals surface area contributed by atoms with E-state index in [4.69, 9.17) is 25.8 Å². The van der Waals surface area contributed by atoms with Crippen LogP contribution in [0.1, 0.15) is 36.8 Å². The van der Waals surface area contributed by atoms with E-state index in [-0.39, 0.29) is 18.9 Å². The maximum Gasteiger partial charge on any atom is 0.336 e. The zero-order valence-corrected chi connectivity index (χ0v) is 22.2. The lowest BCUT2D eigenvalue weighted by atomic mass is 9.83. The highest BCUT2D eigenvalue weighted by Crippen LogP contribution is 2.37. The molecule has 36 heavy (non-hydrogen) atoms. The van der Waals surface area contributed by atoms with Gasteiger partial charge in [0, 0.05) is 43.3 Å². The van der Waals surface area contributed by atoms with E-state index >= 15 is 0 Å². The van der Waals surface area contributed by atoms with Crippen molar-refractivity contribution in [1.82, 2.24) is 9.80 Å².